The Balaban J connectivity index is 1.67. The van der Waals surface area contributed by atoms with Gasteiger partial charge in [-0.1, -0.05) is 13.8 Å². The quantitative estimate of drug-likeness (QED) is 0.840. The lowest BCUT2D eigenvalue weighted by atomic mass is 9.64. The van der Waals surface area contributed by atoms with E-state index >= 15 is 0 Å². The standard InChI is InChI=1S/C13H23N5O/c1-4-19-11-7-10(13(11,2)3)18-12(15-16-17-18)8-14-9-5-6-9/h9-11,14H,4-8H2,1-3H3. The van der Waals surface area contributed by atoms with E-state index in [9.17, 15) is 0 Å². The van der Waals surface area contributed by atoms with Crippen molar-refractivity contribution in [3.63, 3.8) is 0 Å². The fourth-order valence-electron chi connectivity index (χ4n) is 2.86. The number of tetrazole rings is 1. The van der Waals surface area contributed by atoms with Crippen LogP contribution in [0.5, 0.6) is 0 Å². The minimum Gasteiger partial charge on any atom is -0.378 e. The summed E-state index contributed by atoms with van der Waals surface area (Å²) in [5.41, 5.74) is 0.0969. The van der Waals surface area contributed by atoms with Crippen molar-refractivity contribution in [3.8, 4) is 0 Å². The maximum atomic E-state index is 5.77. The molecule has 2 saturated carbocycles. The number of ether oxygens (including phenoxy) is 1. The lowest BCUT2D eigenvalue weighted by molar-refractivity contribution is -0.132. The molecule has 2 fully saturated rings. The molecule has 6 heteroatoms. The third kappa shape index (κ3) is 2.39. The molecule has 1 aromatic heterocycles. The number of hydrogen-bond acceptors (Lipinski definition) is 5. The number of nitrogens with one attached hydrogen (secondary N) is 1. The fraction of sp³-hybridized carbons (Fsp3) is 0.923. The lowest BCUT2D eigenvalue weighted by Gasteiger charge is -2.51. The van der Waals surface area contributed by atoms with Crippen LogP contribution in [0.25, 0.3) is 0 Å². The Morgan fingerprint density at radius 1 is 1.42 bits per heavy atom. The largest absolute Gasteiger partial charge is 0.378 e. The summed E-state index contributed by atoms with van der Waals surface area (Å²) in [5.74, 6) is 0.944. The Morgan fingerprint density at radius 2 is 2.21 bits per heavy atom. The maximum Gasteiger partial charge on any atom is 0.165 e. The molecule has 0 aromatic carbocycles. The number of aromatic nitrogens is 4. The summed E-state index contributed by atoms with van der Waals surface area (Å²) in [7, 11) is 0. The van der Waals surface area contributed by atoms with E-state index in [4.69, 9.17) is 4.74 Å². The van der Waals surface area contributed by atoms with Gasteiger partial charge in [-0.2, -0.15) is 0 Å². The van der Waals surface area contributed by atoms with Crippen LogP contribution in [-0.4, -0.2) is 39.0 Å². The van der Waals surface area contributed by atoms with Gasteiger partial charge in [0.1, 0.15) is 0 Å². The van der Waals surface area contributed by atoms with Gasteiger partial charge in [0.15, 0.2) is 5.82 Å². The Morgan fingerprint density at radius 3 is 2.84 bits per heavy atom. The van der Waals surface area contributed by atoms with Crippen molar-refractivity contribution in [2.24, 2.45) is 5.41 Å². The molecular formula is C13H23N5O. The molecule has 2 unspecified atom stereocenters. The minimum atomic E-state index is 0.0969. The van der Waals surface area contributed by atoms with Crippen LogP contribution in [0.3, 0.4) is 0 Å². The molecule has 0 radical (unpaired) electrons. The highest BCUT2D eigenvalue weighted by molar-refractivity contribution is 5.03. The van der Waals surface area contributed by atoms with Gasteiger partial charge < -0.3 is 10.1 Å². The van der Waals surface area contributed by atoms with E-state index in [0.717, 1.165) is 25.4 Å². The summed E-state index contributed by atoms with van der Waals surface area (Å²) in [6.45, 7) is 8.06. The van der Waals surface area contributed by atoms with E-state index < -0.39 is 0 Å². The van der Waals surface area contributed by atoms with Crippen molar-refractivity contribution >= 4 is 0 Å². The third-order valence-corrected chi connectivity index (χ3v) is 4.48. The lowest BCUT2D eigenvalue weighted by Crippen LogP contribution is -2.52. The normalized spacial score (nSPS) is 29.2. The first-order valence-corrected chi connectivity index (χ1v) is 7.24. The maximum absolute atomic E-state index is 5.77. The summed E-state index contributed by atoms with van der Waals surface area (Å²) >= 11 is 0. The highest BCUT2D eigenvalue weighted by Crippen LogP contribution is 2.51. The molecular weight excluding hydrogens is 242 g/mol. The van der Waals surface area contributed by atoms with Crippen LogP contribution in [0.15, 0.2) is 0 Å². The zero-order valence-corrected chi connectivity index (χ0v) is 12.0. The average Bonchev–Trinajstić information content (AvgIpc) is 3.11. The smallest absolute Gasteiger partial charge is 0.165 e. The molecule has 2 atom stereocenters. The zero-order valence-electron chi connectivity index (χ0n) is 12.0. The highest BCUT2D eigenvalue weighted by Gasteiger charge is 2.51. The van der Waals surface area contributed by atoms with E-state index in [1.165, 1.54) is 12.8 Å². The Kier molecular flexibility index (Phi) is 3.30. The summed E-state index contributed by atoms with van der Waals surface area (Å²) in [4.78, 5) is 0. The van der Waals surface area contributed by atoms with Crippen LogP contribution in [0.1, 0.15) is 51.9 Å². The van der Waals surface area contributed by atoms with E-state index in [-0.39, 0.29) is 5.41 Å². The summed E-state index contributed by atoms with van der Waals surface area (Å²) < 4.78 is 7.76. The molecule has 0 saturated heterocycles. The first-order valence-electron chi connectivity index (χ1n) is 7.24. The van der Waals surface area contributed by atoms with Crippen molar-refractivity contribution in [3.05, 3.63) is 5.82 Å². The second-order valence-corrected chi connectivity index (χ2v) is 6.21. The SMILES string of the molecule is CCOC1CC(n2nnnc2CNC2CC2)C1(C)C. The third-order valence-electron chi connectivity index (χ3n) is 4.48. The molecule has 6 nitrogen and oxygen atoms in total. The van der Waals surface area contributed by atoms with Gasteiger partial charge in [0.05, 0.1) is 18.7 Å². The Labute approximate surface area is 113 Å². The van der Waals surface area contributed by atoms with Crippen molar-refractivity contribution in [2.45, 2.75) is 64.8 Å². The number of rotatable bonds is 6. The van der Waals surface area contributed by atoms with E-state index in [0.29, 0.717) is 18.2 Å². The van der Waals surface area contributed by atoms with Gasteiger partial charge in [-0.15, -0.1) is 5.10 Å². The second kappa shape index (κ2) is 4.83. The highest BCUT2D eigenvalue weighted by atomic mass is 16.5. The first kappa shape index (κ1) is 13.0. The monoisotopic (exact) mass is 265 g/mol. The predicted molar refractivity (Wildman–Crippen MR) is 70.5 cm³/mol. The van der Waals surface area contributed by atoms with Crippen LogP contribution >= 0.6 is 0 Å². The van der Waals surface area contributed by atoms with E-state index in [1.807, 2.05) is 11.6 Å². The van der Waals surface area contributed by atoms with Gasteiger partial charge in [-0.05, 0) is 36.6 Å². The Hall–Kier alpha value is -1.01. The minimum absolute atomic E-state index is 0.0969. The van der Waals surface area contributed by atoms with Crippen LogP contribution in [0.2, 0.25) is 0 Å². The number of hydrogen-bond donors (Lipinski definition) is 1. The number of nitrogens with zero attached hydrogens (tertiary/aromatic N) is 4. The predicted octanol–water partition coefficient (Wildman–Crippen LogP) is 1.30. The molecule has 3 rings (SSSR count). The molecule has 1 aromatic rings. The van der Waals surface area contributed by atoms with E-state index in [1.54, 1.807) is 0 Å². The molecule has 2 aliphatic rings. The van der Waals surface area contributed by atoms with Crippen LogP contribution < -0.4 is 5.32 Å². The molecule has 0 aliphatic heterocycles. The van der Waals surface area contributed by atoms with Crippen molar-refractivity contribution in [1.82, 2.24) is 25.5 Å². The van der Waals surface area contributed by atoms with Gasteiger partial charge in [0, 0.05) is 18.1 Å². The molecule has 1 heterocycles. The van der Waals surface area contributed by atoms with Gasteiger partial charge in [-0.3, -0.25) is 0 Å². The van der Waals surface area contributed by atoms with Gasteiger partial charge >= 0.3 is 0 Å². The van der Waals surface area contributed by atoms with Crippen molar-refractivity contribution < 1.29 is 4.74 Å². The van der Waals surface area contributed by atoms with Crippen LogP contribution in [0, 0.1) is 5.41 Å². The summed E-state index contributed by atoms with van der Waals surface area (Å²) in [5, 5.41) is 15.7. The second-order valence-electron chi connectivity index (χ2n) is 6.21. The summed E-state index contributed by atoms with van der Waals surface area (Å²) in [6.07, 6.45) is 3.88. The molecule has 0 amide bonds. The zero-order chi connectivity index (χ0) is 13.5. The first-order chi connectivity index (χ1) is 9.13. The summed E-state index contributed by atoms with van der Waals surface area (Å²) in [6, 6.07) is 1.02. The molecule has 0 bridgehead atoms. The van der Waals surface area contributed by atoms with E-state index in [2.05, 4.69) is 34.7 Å². The van der Waals surface area contributed by atoms with Crippen LogP contribution in [0.4, 0.5) is 0 Å². The fourth-order valence-corrected chi connectivity index (χ4v) is 2.86. The van der Waals surface area contributed by atoms with Gasteiger partial charge in [-0.25, -0.2) is 4.68 Å². The topological polar surface area (TPSA) is 64.9 Å². The molecule has 19 heavy (non-hydrogen) atoms. The average molecular weight is 265 g/mol. The molecule has 106 valence electrons. The van der Waals surface area contributed by atoms with Crippen LogP contribution in [-0.2, 0) is 11.3 Å². The molecule has 1 N–H and O–H groups in total. The van der Waals surface area contributed by atoms with Gasteiger partial charge in [0.25, 0.3) is 0 Å². The molecule has 2 aliphatic carbocycles. The Bertz CT molecular complexity index is 440. The van der Waals surface area contributed by atoms with Gasteiger partial charge in [0.2, 0.25) is 0 Å². The molecule has 0 spiro atoms. The van der Waals surface area contributed by atoms with Crippen molar-refractivity contribution in [2.75, 3.05) is 6.61 Å². The van der Waals surface area contributed by atoms with Crippen molar-refractivity contribution in [1.29, 1.82) is 0 Å².